The van der Waals surface area contributed by atoms with Crippen LogP contribution in [0.25, 0.3) is 0 Å². The highest BCUT2D eigenvalue weighted by Gasteiger charge is 2.07. The van der Waals surface area contributed by atoms with E-state index >= 15 is 0 Å². The summed E-state index contributed by atoms with van der Waals surface area (Å²) in [6.07, 6.45) is 0. The summed E-state index contributed by atoms with van der Waals surface area (Å²) in [6.45, 7) is 7.52. The van der Waals surface area contributed by atoms with Crippen LogP contribution in [0.4, 0.5) is 0 Å². The van der Waals surface area contributed by atoms with Crippen LogP contribution in [0.3, 0.4) is 0 Å². The fourth-order valence-electron chi connectivity index (χ4n) is 2.02. The third-order valence-electron chi connectivity index (χ3n) is 3.20. The van der Waals surface area contributed by atoms with Gasteiger partial charge in [0.2, 0.25) is 0 Å². The van der Waals surface area contributed by atoms with E-state index in [0.717, 1.165) is 6.54 Å². The molecule has 0 spiro atoms. The van der Waals surface area contributed by atoms with Gasteiger partial charge in [-0.15, -0.1) is 11.3 Å². The van der Waals surface area contributed by atoms with Gasteiger partial charge in [0.1, 0.15) is 0 Å². The molecule has 1 aromatic carbocycles. The molecular formula is C15H19NS. The Morgan fingerprint density at radius 3 is 2.41 bits per heavy atom. The second-order valence-corrected chi connectivity index (χ2v) is 5.47. The molecule has 90 valence electrons. The molecule has 1 aromatic heterocycles. The van der Waals surface area contributed by atoms with E-state index < -0.39 is 0 Å². The van der Waals surface area contributed by atoms with Gasteiger partial charge in [-0.05, 0) is 48.9 Å². The number of rotatable bonds is 4. The Hall–Kier alpha value is -1.12. The summed E-state index contributed by atoms with van der Waals surface area (Å²) in [6, 6.07) is 11.2. The molecule has 2 aromatic rings. The molecule has 2 rings (SSSR count). The first-order valence-corrected chi connectivity index (χ1v) is 6.88. The van der Waals surface area contributed by atoms with Crippen LogP contribution < -0.4 is 5.32 Å². The molecule has 1 nitrogen and oxygen atoms in total. The average molecular weight is 245 g/mol. The molecule has 0 bridgehead atoms. The van der Waals surface area contributed by atoms with Gasteiger partial charge >= 0.3 is 0 Å². The normalized spacial score (nSPS) is 12.6. The van der Waals surface area contributed by atoms with E-state index in [4.69, 9.17) is 0 Å². The standard InChI is InChI=1S/C15H19NS/c1-11-6-4-7-12(2)14(11)10-16-13(3)15-8-5-9-17-15/h4-9,13,16H,10H2,1-3H3. The molecule has 0 saturated carbocycles. The van der Waals surface area contributed by atoms with Crippen LogP contribution in [0.1, 0.15) is 34.5 Å². The zero-order valence-electron chi connectivity index (χ0n) is 10.7. The lowest BCUT2D eigenvalue weighted by Gasteiger charge is -2.15. The topological polar surface area (TPSA) is 12.0 Å². The Labute approximate surface area is 108 Å². The second kappa shape index (κ2) is 5.48. The summed E-state index contributed by atoms with van der Waals surface area (Å²) < 4.78 is 0. The lowest BCUT2D eigenvalue weighted by atomic mass is 10.0. The largest absolute Gasteiger partial charge is 0.305 e. The highest BCUT2D eigenvalue weighted by molar-refractivity contribution is 7.10. The molecule has 1 unspecified atom stereocenters. The minimum absolute atomic E-state index is 0.425. The molecule has 0 aliphatic carbocycles. The summed E-state index contributed by atoms with van der Waals surface area (Å²) in [5.74, 6) is 0. The van der Waals surface area contributed by atoms with Crippen LogP contribution in [0.5, 0.6) is 0 Å². The summed E-state index contributed by atoms with van der Waals surface area (Å²) in [7, 11) is 0. The molecular weight excluding hydrogens is 226 g/mol. The number of thiophene rings is 1. The Bertz CT molecular complexity index is 453. The minimum Gasteiger partial charge on any atom is -0.305 e. The van der Waals surface area contributed by atoms with Crippen molar-refractivity contribution < 1.29 is 0 Å². The lowest BCUT2D eigenvalue weighted by molar-refractivity contribution is 0.580. The third-order valence-corrected chi connectivity index (χ3v) is 4.25. The fraction of sp³-hybridized carbons (Fsp3) is 0.333. The van der Waals surface area contributed by atoms with Gasteiger partial charge in [0.25, 0.3) is 0 Å². The van der Waals surface area contributed by atoms with Gasteiger partial charge < -0.3 is 5.32 Å². The van der Waals surface area contributed by atoms with Crippen molar-refractivity contribution in [3.8, 4) is 0 Å². The molecule has 1 heterocycles. The van der Waals surface area contributed by atoms with E-state index in [9.17, 15) is 0 Å². The SMILES string of the molecule is Cc1cccc(C)c1CNC(C)c1cccs1. The van der Waals surface area contributed by atoms with Crippen LogP contribution in [0.2, 0.25) is 0 Å². The predicted octanol–water partition coefficient (Wildman–Crippen LogP) is 4.22. The first-order chi connectivity index (χ1) is 8.18. The van der Waals surface area contributed by atoms with Crippen molar-refractivity contribution in [3.05, 3.63) is 57.3 Å². The van der Waals surface area contributed by atoms with E-state index in [1.165, 1.54) is 21.6 Å². The Balaban J connectivity index is 2.03. The van der Waals surface area contributed by atoms with Gasteiger partial charge in [-0.1, -0.05) is 24.3 Å². The lowest BCUT2D eigenvalue weighted by Crippen LogP contribution is -2.18. The Morgan fingerprint density at radius 1 is 1.12 bits per heavy atom. The quantitative estimate of drug-likeness (QED) is 0.850. The van der Waals surface area contributed by atoms with Crippen molar-refractivity contribution in [2.24, 2.45) is 0 Å². The van der Waals surface area contributed by atoms with Gasteiger partial charge in [-0.2, -0.15) is 0 Å². The summed E-state index contributed by atoms with van der Waals surface area (Å²) in [4.78, 5) is 1.40. The van der Waals surface area contributed by atoms with Gasteiger partial charge in [-0.25, -0.2) is 0 Å². The summed E-state index contributed by atoms with van der Waals surface area (Å²) in [5, 5.41) is 5.72. The maximum Gasteiger partial charge on any atom is 0.0388 e. The first kappa shape index (κ1) is 12.3. The van der Waals surface area contributed by atoms with Gasteiger partial charge in [0, 0.05) is 17.5 Å². The number of aryl methyl sites for hydroxylation is 2. The van der Waals surface area contributed by atoms with E-state index in [1.807, 2.05) is 11.3 Å². The zero-order valence-corrected chi connectivity index (χ0v) is 11.5. The number of hydrogen-bond acceptors (Lipinski definition) is 2. The van der Waals surface area contributed by atoms with Crippen LogP contribution in [0, 0.1) is 13.8 Å². The van der Waals surface area contributed by atoms with Gasteiger partial charge in [0.05, 0.1) is 0 Å². The molecule has 1 N–H and O–H groups in total. The predicted molar refractivity (Wildman–Crippen MR) is 75.5 cm³/mol. The van der Waals surface area contributed by atoms with Gasteiger partial charge in [0.15, 0.2) is 0 Å². The second-order valence-electron chi connectivity index (χ2n) is 4.49. The fourth-order valence-corrected chi connectivity index (χ4v) is 2.78. The van der Waals surface area contributed by atoms with E-state index in [1.54, 1.807) is 0 Å². The third kappa shape index (κ3) is 2.96. The summed E-state index contributed by atoms with van der Waals surface area (Å²) in [5.41, 5.74) is 4.17. The molecule has 0 aliphatic heterocycles. The molecule has 0 radical (unpaired) electrons. The first-order valence-electron chi connectivity index (χ1n) is 6.00. The van der Waals surface area contributed by atoms with Crippen molar-refractivity contribution in [1.29, 1.82) is 0 Å². The smallest absolute Gasteiger partial charge is 0.0388 e. The molecule has 0 amide bonds. The highest BCUT2D eigenvalue weighted by atomic mass is 32.1. The maximum atomic E-state index is 3.59. The van der Waals surface area contributed by atoms with Crippen molar-refractivity contribution in [2.45, 2.75) is 33.4 Å². The van der Waals surface area contributed by atoms with Crippen molar-refractivity contribution in [2.75, 3.05) is 0 Å². The highest BCUT2D eigenvalue weighted by Crippen LogP contribution is 2.20. The maximum absolute atomic E-state index is 3.59. The monoisotopic (exact) mass is 245 g/mol. The zero-order chi connectivity index (χ0) is 12.3. The number of hydrogen-bond donors (Lipinski definition) is 1. The minimum atomic E-state index is 0.425. The number of nitrogens with one attached hydrogen (secondary N) is 1. The Morgan fingerprint density at radius 2 is 1.82 bits per heavy atom. The van der Waals surface area contributed by atoms with Crippen molar-refractivity contribution >= 4 is 11.3 Å². The summed E-state index contributed by atoms with van der Waals surface area (Å²) >= 11 is 1.81. The molecule has 1 atom stereocenters. The van der Waals surface area contributed by atoms with E-state index in [0.29, 0.717) is 6.04 Å². The molecule has 2 heteroatoms. The molecule has 0 fully saturated rings. The molecule has 0 aliphatic rings. The van der Waals surface area contributed by atoms with E-state index in [-0.39, 0.29) is 0 Å². The van der Waals surface area contributed by atoms with Crippen LogP contribution in [0.15, 0.2) is 35.7 Å². The van der Waals surface area contributed by atoms with Crippen LogP contribution in [-0.2, 0) is 6.54 Å². The van der Waals surface area contributed by atoms with Crippen molar-refractivity contribution in [1.82, 2.24) is 5.32 Å². The Kier molecular flexibility index (Phi) is 3.97. The molecule has 0 saturated heterocycles. The molecule has 17 heavy (non-hydrogen) atoms. The number of benzene rings is 1. The van der Waals surface area contributed by atoms with E-state index in [2.05, 4.69) is 61.8 Å². The average Bonchev–Trinajstić information content (AvgIpc) is 2.81. The van der Waals surface area contributed by atoms with Crippen LogP contribution in [-0.4, -0.2) is 0 Å². The van der Waals surface area contributed by atoms with Crippen molar-refractivity contribution in [3.63, 3.8) is 0 Å². The van der Waals surface area contributed by atoms with Gasteiger partial charge in [-0.3, -0.25) is 0 Å². The van der Waals surface area contributed by atoms with Crippen LogP contribution >= 0.6 is 11.3 Å².